The lowest BCUT2D eigenvalue weighted by molar-refractivity contribution is 0.112. The van der Waals surface area contributed by atoms with Crippen molar-refractivity contribution in [2.45, 2.75) is 0 Å². The largest absolute Gasteiger partial charge is 0.480 e. The van der Waals surface area contributed by atoms with E-state index in [2.05, 4.69) is 9.47 Å². The maximum absolute atomic E-state index is 11.1. The van der Waals surface area contributed by atoms with Gasteiger partial charge in [0.1, 0.15) is 5.75 Å². The van der Waals surface area contributed by atoms with E-state index >= 15 is 0 Å². The van der Waals surface area contributed by atoms with Crippen molar-refractivity contribution >= 4 is 26.7 Å². The predicted molar refractivity (Wildman–Crippen MR) is 79.0 cm³/mol. The molecule has 1 aromatic heterocycles. The van der Waals surface area contributed by atoms with Gasteiger partial charge in [0, 0.05) is 22.8 Å². The average molecular weight is 269 g/mol. The molecular formula is C15H12NO2P. The summed E-state index contributed by atoms with van der Waals surface area (Å²) < 4.78 is 7.08. The van der Waals surface area contributed by atoms with E-state index in [-0.39, 0.29) is 0 Å². The van der Waals surface area contributed by atoms with Gasteiger partial charge in [-0.3, -0.25) is 4.79 Å². The first kappa shape index (κ1) is 11.9. The Balaban J connectivity index is 2.21. The Hall–Kier alpha value is -2.12. The van der Waals surface area contributed by atoms with Crippen LogP contribution in [0, 0.1) is 0 Å². The second-order valence-electron chi connectivity index (χ2n) is 4.20. The number of carbonyl (C=O) groups excluding carboxylic acids is 1. The minimum atomic E-state index is 0.696. The summed E-state index contributed by atoms with van der Waals surface area (Å²) in [5, 5.41) is 0.962. The summed E-state index contributed by atoms with van der Waals surface area (Å²) in [4.78, 5) is 11.1. The van der Waals surface area contributed by atoms with Gasteiger partial charge in [-0.1, -0.05) is 18.2 Å². The van der Waals surface area contributed by atoms with E-state index in [0.717, 1.165) is 28.6 Å². The molecule has 0 amide bonds. The number of aromatic nitrogens is 1. The number of hydrogen-bond acceptors (Lipinski definition) is 2. The van der Waals surface area contributed by atoms with Crippen LogP contribution in [0.3, 0.4) is 0 Å². The third-order valence-corrected chi connectivity index (χ3v) is 3.39. The number of hydrogen-bond donors (Lipinski definition) is 0. The highest BCUT2D eigenvalue weighted by molar-refractivity contribution is 7.10. The number of nitrogens with zero attached hydrogens (tertiary/aromatic N) is 1. The minimum Gasteiger partial charge on any atom is -0.480 e. The van der Waals surface area contributed by atoms with Crippen LogP contribution in [0.4, 0.5) is 0 Å². The van der Waals surface area contributed by atoms with Crippen LogP contribution in [-0.2, 0) is 0 Å². The van der Waals surface area contributed by atoms with Crippen LogP contribution < -0.4 is 4.52 Å². The average Bonchev–Trinajstić information content (AvgIpc) is 2.86. The molecule has 2 aromatic carbocycles. The van der Waals surface area contributed by atoms with Crippen molar-refractivity contribution in [3.63, 3.8) is 0 Å². The van der Waals surface area contributed by atoms with Gasteiger partial charge in [-0.25, -0.2) is 0 Å². The maximum atomic E-state index is 11.1. The first-order chi connectivity index (χ1) is 9.33. The topological polar surface area (TPSA) is 31.2 Å². The fourth-order valence-corrected chi connectivity index (χ4v) is 2.36. The molecule has 3 aromatic rings. The van der Waals surface area contributed by atoms with Crippen molar-refractivity contribution in [3.05, 3.63) is 60.3 Å². The van der Waals surface area contributed by atoms with Crippen LogP contribution in [0.1, 0.15) is 10.4 Å². The summed E-state index contributed by atoms with van der Waals surface area (Å²) in [6, 6.07) is 15.5. The highest BCUT2D eigenvalue weighted by Crippen LogP contribution is 2.25. The van der Waals surface area contributed by atoms with Gasteiger partial charge in [0.25, 0.3) is 0 Å². The fourth-order valence-electron chi connectivity index (χ4n) is 2.20. The van der Waals surface area contributed by atoms with E-state index in [0.29, 0.717) is 5.56 Å². The zero-order valence-corrected chi connectivity index (χ0v) is 11.3. The Morgan fingerprint density at radius 1 is 1.05 bits per heavy atom. The first-order valence-corrected chi connectivity index (χ1v) is 6.33. The van der Waals surface area contributed by atoms with Crippen molar-refractivity contribution in [1.82, 2.24) is 4.57 Å². The van der Waals surface area contributed by atoms with E-state index in [1.165, 1.54) is 0 Å². The summed E-state index contributed by atoms with van der Waals surface area (Å²) in [5.74, 6) is 0.779. The standard InChI is InChI=1S/C15H12NO2P/c17-10-11-9-16(15-4-2-1-3-14(11)15)12-5-7-13(18-19)8-6-12/h1-10H,19H2. The Morgan fingerprint density at radius 2 is 1.79 bits per heavy atom. The number of para-hydroxylation sites is 1. The molecule has 0 radical (unpaired) electrons. The normalized spacial score (nSPS) is 10.6. The lowest BCUT2D eigenvalue weighted by Crippen LogP contribution is -1.91. The highest BCUT2D eigenvalue weighted by atomic mass is 31.0. The number of carbonyl (C=O) groups is 1. The first-order valence-electron chi connectivity index (χ1n) is 5.86. The zero-order chi connectivity index (χ0) is 13.2. The van der Waals surface area contributed by atoms with Gasteiger partial charge >= 0.3 is 0 Å². The van der Waals surface area contributed by atoms with Crippen molar-refractivity contribution < 1.29 is 9.32 Å². The highest BCUT2D eigenvalue weighted by Gasteiger charge is 2.08. The molecule has 0 fully saturated rings. The van der Waals surface area contributed by atoms with Gasteiger partial charge in [0.2, 0.25) is 0 Å². The lowest BCUT2D eigenvalue weighted by Gasteiger charge is -2.06. The van der Waals surface area contributed by atoms with Crippen LogP contribution in [0.5, 0.6) is 5.75 Å². The molecule has 0 bridgehead atoms. The van der Waals surface area contributed by atoms with Crippen LogP contribution >= 0.6 is 9.47 Å². The summed E-state index contributed by atoms with van der Waals surface area (Å²) in [6.07, 6.45) is 2.74. The predicted octanol–water partition coefficient (Wildman–Crippen LogP) is 3.61. The third kappa shape index (κ3) is 2.02. The van der Waals surface area contributed by atoms with Gasteiger partial charge in [-0.15, -0.1) is 0 Å². The van der Waals surface area contributed by atoms with Gasteiger partial charge < -0.3 is 9.09 Å². The summed E-state index contributed by atoms with van der Waals surface area (Å²) in [6.45, 7) is 0. The molecule has 19 heavy (non-hydrogen) atoms. The van der Waals surface area contributed by atoms with Crippen LogP contribution in [-0.4, -0.2) is 10.9 Å². The Morgan fingerprint density at radius 3 is 2.47 bits per heavy atom. The molecule has 0 aliphatic heterocycles. The number of rotatable bonds is 3. The maximum Gasteiger partial charge on any atom is 0.152 e. The molecule has 94 valence electrons. The summed E-state index contributed by atoms with van der Waals surface area (Å²) in [5.41, 5.74) is 2.71. The molecule has 0 saturated heterocycles. The smallest absolute Gasteiger partial charge is 0.152 e. The van der Waals surface area contributed by atoms with Gasteiger partial charge in [-0.05, 0) is 30.3 Å². The molecular weight excluding hydrogens is 257 g/mol. The SMILES string of the molecule is O=Cc1cn(-c2ccc(OP)cc2)c2ccccc12. The Bertz CT molecular complexity index is 731. The van der Waals surface area contributed by atoms with E-state index < -0.39 is 0 Å². The molecule has 0 spiro atoms. The molecule has 0 aliphatic carbocycles. The molecule has 3 rings (SSSR count). The fraction of sp³-hybridized carbons (Fsp3) is 0. The van der Waals surface area contributed by atoms with E-state index in [9.17, 15) is 4.79 Å². The van der Waals surface area contributed by atoms with Crippen molar-refractivity contribution in [2.24, 2.45) is 0 Å². The second kappa shape index (κ2) is 4.87. The molecule has 3 nitrogen and oxygen atoms in total. The molecule has 0 N–H and O–H groups in total. The van der Waals surface area contributed by atoms with Crippen molar-refractivity contribution in [2.75, 3.05) is 0 Å². The summed E-state index contributed by atoms with van der Waals surface area (Å²) in [7, 11) is 2.22. The van der Waals surface area contributed by atoms with E-state index in [1.807, 2.05) is 59.3 Å². The van der Waals surface area contributed by atoms with Crippen LogP contribution in [0.25, 0.3) is 16.6 Å². The van der Waals surface area contributed by atoms with Crippen LogP contribution in [0.2, 0.25) is 0 Å². The minimum absolute atomic E-state index is 0.696. The molecule has 1 heterocycles. The molecule has 1 unspecified atom stereocenters. The molecule has 0 saturated carbocycles. The molecule has 4 heteroatoms. The number of aldehydes is 1. The van der Waals surface area contributed by atoms with Crippen LogP contribution in [0.15, 0.2) is 54.7 Å². The number of fused-ring (bicyclic) bond motifs is 1. The van der Waals surface area contributed by atoms with Gasteiger partial charge in [0.05, 0.1) is 15.0 Å². The Labute approximate surface area is 113 Å². The lowest BCUT2D eigenvalue weighted by atomic mass is 10.2. The van der Waals surface area contributed by atoms with E-state index in [1.54, 1.807) is 0 Å². The monoisotopic (exact) mass is 269 g/mol. The van der Waals surface area contributed by atoms with Crippen molar-refractivity contribution in [3.8, 4) is 11.4 Å². The summed E-state index contributed by atoms with van der Waals surface area (Å²) >= 11 is 0. The van der Waals surface area contributed by atoms with E-state index in [4.69, 9.17) is 4.52 Å². The van der Waals surface area contributed by atoms with Gasteiger partial charge in [0.15, 0.2) is 6.29 Å². The zero-order valence-electron chi connectivity index (χ0n) is 10.1. The molecule has 1 atom stereocenters. The van der Waals surface area contributed by atoms with Crippen molar-refractivity contribution in [1.29, 1.82) is 0 Å². The Kier molecular flexibility index (Phi) is 3.06. The third-order valence-electron chi connectivity index (χ3n) is 3.12. The second-order valence-corrected chi connectivity index (χ2v) is 4.44. The molecule has 0 aliphatic rings. The number of benzene rings is 2. The van der Waals surface area contributed by atoms with Gasteiger partial charge in [-0.2, -0.15) is 0 Å². The quantitative estimate of drug-likeness (QED) is 0.537.